The Kier molecular flexibility index (Phi) is 4.58. The van der Waals surface area contributed by atoms with Gasteiger partial charge in [-0.1, -0.05) is 46.3 Å². The number of nitrogens with one attached hydrogen (secondary N) is 1. The quantitative estimate of drug-likeness (QED) is 0.887. The molecule has 0 amide bonds. The van der Waals surface area contributed by atoms with E-state index < -0.39 is 0 Å². The predicted molar refractivity (Wildman–Crippen MR) is 86.4 cm³/mol. The van der Waals surface area contributed by atoms with Gasteiger partial charge in [0, 0.05) is 22.5 Å². The molecule has 2 aromatic carbocycles. The van der Waals surface area contributed by atoms with E-state index in [1.165, 1.54) is 0 Å². The monoisotopic (exact) mass is 347 g/mol. The highest BCUT2D eigenvalue weighted by Crippen LogP contribution is 2.35. The number of aliphatic hydroxyl groups excluding tert-OH is 1. The number of benzene rings is 2. The zero-order chi connectivity index (χ0) is 14.7. The molecule has 2 aromatic rings. The molecule has 3 rings (SSSR count). The van der Waals surface area contributed by atoms with Crippen molar-refractivity contribution in [1.29, 1.82) is 0 Å². The number of fused-ring (bicyclic) bond motifs is 1. The van der Waals surface area contributed by atoms with Crippen molar-refractivity contribution in [2.24, 2.45) is 0 Å². The highest BCUT2D eigenvalue weighted by Gasteiger charge is 2.24. The van der Waals surface area contributed by atoms with Gasteiger partial charge in [0.05, 0.1) is 19.3 Å². The fourth-order valence-corrected chi connectivity index (χ4v) is 3.10. The van der Waals surface area contributed by atoms with Gasteiger partial charge in [0.15, 0.2) is 0 Å². The lowest BCUT2D eigenvalue weighted by Gasteiger charge is -2.30. The summed E-state index contributed by atoms with van der Waals surface area (Å²) < 4.78 is 6.75. The molecule has 21 heavy (non-hydrogen) atoms. The summed E-state index contributed by atoms with van der Waals surface area (Å²) in [5.41, 5.74) is 2.24. The summed E-state index contributed by atoms with van der Waals surface area (Å²) in [6, 6.07) is 16.2. The van der Waals surface area contributed by atoms with Gasteiger partial charge in [0.1, 0.15) is 5.75 Å². The Morgan fingerprint density at radius 3 is 2.81 bits per heavy atom. The van der Waals surface area contributed by atoms with Crippen molar-refractivity contribution in [2.75, 3.05) is 13.2 Å². The van der Waals surface area contributed by atoms with E-state index in [2.05, 4.69) is 27.3 Å². The first-order chi connectivity index (χ1) is 10.3. The second-order valence-electron chi connectivity index (χ2n) is 5.18. The van der Waals surface area contributed by atoms with Crippen LogP contribution in [0, 0.1) is 0 Å². The van der Waals surface area contributed by atoms with Crippen molar-refractivity contribution >= 4 is 15.9 Å². The molecule has 0 spiro atoms. The first-order valence-corrected chi connectivity index (χ1v) is 7.91. The summed E-state index contributed by atoms with van der Waals surface area (Å²) in [6.07, 6.45) is 0.896. The molecule has 0 radical (unpaired) electrons. The summed E-state index contributed by atoms with van der Waals surface area (Å²) in [5.74, 6) is 0.923. The van der Waals surface area contributed by atoms with Crippen LogP contribution in [0.3, 0.4) is 0 Å². The number of hydrogen-bond donors (Lipinski definition) is 2. The van der Waals surface area contributed by atoms with E-state index in [0.717, 1.165) is 27.8 Å². The molecular weight excluding hydrogens is 330 g/mol. The van der Waals surface area contributed by atoms with Crippen LogP contribution in [-0.4, -0.2) is 18.3 Å². The third kappa shape index (κ3) is 3.28. The number of rotatable bonds is 4. The second-order valence-corrected chi connectivity index (χ2v) is 6.10. The molecule has 2 atom stereocenters. The van der Waals surface area contributed by atoms with Gasteiger partial charge in [-0.05, 0) is 23.8 Å². The Morgan fingerprint density at radius 2 is 2.05 bits per heavy atom. The fraction of sp³-hybridized carbons (Fsp3) is 0.294. The Hall–Kier alpha value is -1.36. The molecule has 1 heterocycles. The first-order valence-electron chi connectivity index (χ1n) is 7.12. The van der Waals surface area contributed by atoms with Crippen molar-refractivity contribution in [1.82, 2.24) is 5.32 Å². The van der Waals surface area contributed by atoms with Crippen LogP contribution >= 0.6 is 15.9 Å². The molecule has 1 aliphatic heterocycles. The zero-order valence-corrected chi connectivity index (χ0v) is 13.2. The van der Waals surface area contributed by atoms with E-state index in [9.17, 15) is 5.11 Å². The maximum absolute atomic E-state index is 9.71. The largest absolute Gasteiger partial charge is 0.493 e. The SMILES string of the molecule is OC[C@H](NC1CCOc2ccc(Br)cc21)c1ccccc1. The van der Waals surface area contributed by atoms with Gasteiger partial charge in [-0.15, -0.1) is 0 Å². The van der Waals surface area contributed by atoms with Crippen LogP contribution in [0.5, 0.6) is 5.75 Å². The topological polar surface area (TPSA) is 41.5 Å². The standard InChI is InChI=1S/C17H18BrNO2/c18-13-6-7-17-14(10-13)15(8-9-21-17)19-16(11-20)12-4-2-1-3-5-12/h1-7,10,15-16,19-20H,8-9,11H2/t15?,16-/m0/s1. The van der Waals surface area contributed by atoms with Crippen LogP contribution in [0.1, 0.15) is 29.6 Å². The molecule has 0 saturated carbocycles. The van der Waals surface area contributed by atoms with Gasteiger partial charge in [0.2, 0.25) is 0 Å². The molecule has 0 bridgehead atoms. The Bertz CT molecular complexity index is 603. The summed E-state index contributed by atoms with van der Waals surface area (Å²) in [5, 5.41) is 13.3. The smallest absolute Gasteiger partial charge is 0.124 e. The molecule has 3 nitrogen and oxygen atoms in total. The van der Waals surface area contributed by atoms with E-state index in [0.29, 0.717) is 6.61 Å². The maximum Gasteiger partial charge on any atom is 0.124 e. The Balaban J connectivity index is 1.84. The summed E-state index contributed by atoms with van der Waals surface area (Å²) in [7, 11) is 0. The third-order valence-corrected chi connectivity index (χ3v) is 4.29. The first kappa shape index (κ1) is 14.6. The minimum Gasteiger partial charge on any atom is -0.493 e. The van der Waals surface area contributed by atoms with Crippen LogP contribution in [0.25, 0.3) is 0 Å². The van der Waals surface area contributed by atoms with E-state index in [1.54, 1.807) is 0 Å². The lowest BCUT2D eigenvalue weighted by molar-refractivity contribution is 0.204. The zero-order valence-electron chi connectivity index (χ0n) is 11.6. The number of halogens is 1. The highest BCUT2D eigenvalue weighted by atomic mass is 79.9. The van der Waals surface area contributed by atoms with Crippen LogP contribution < -0.4 is 10.1 Å². The van der Waals surface area contributed by atoms with Crippen molar-refractivity contribution < 1.29 is 9.84 Å². The Morgan fingerprint density at radius 1 is 1.24 bits per heavy atom. The third-order valence-electron chi connectivity index (χ3n) is 3.80. The lowest BCUT2D eigenvalue weighted by Crippen LogP contribution is -2.32. The van der Waals surface area contributed by atoms with E-state index in [4.69, 9.17) is 4.74 Å². The number of aliphatic hydroxyl groups is 1. The molecule has 0 aromatic heterocycles. The van der Waals surface area contributed by atoms with Gasteiger partial charge >= 0.3 is 0 Å². The molecule has 0 fully saturated rings. The second kappa shape index (κ2) is 6.60. The average molecular weight is 348 g/mol. The Labute approximate surface area is 133 Å². The maximum atomic E-state index is 9.71. The van der Waals surface area contributed by atoms with Crippen LogP contribution in [-0.2, 0) is 0 Å². The van der Waals surface area contributed by atoms with E-state index in [1.807, 2.05) is 42.5 Å². The fourth-order valence-electron chi connectivity index (χ4n) is 2.72. The molecule has 0 saturated heterocycles. The van der Waals surface area contributed by atoms with Gasteiger partial charge in [0.25, 0.3) is 0 Å². The number of hydrogen-bond acceptors (Lipinski definition) is 3. The van der Waals surface area contributed by atoms with Crippen molar-refractivity contribution in [2.45, 2.75) is 18.5 Å². The molecule has 1 unspecified atom stereocenters. The van der Waals surface area contributed by atoms with Crippen molar-refractivity contribution in [3.8, 4) is 5.75 Å². The lowest BCUT2D eigenvalue weighted by atomic mass is 9.98. The normalized spacial score (nSPS) is 18.7. The van der Waals surface area contributed by atoms with Gasteiger partial charge in [-0.25, -0.2) is 0 Å². The van der Waals surface area contributed by atoms with Crippen molar-refractivity contribution in [3.05, 3.63) is 64.1 Å². The van der Waals surface area contributed by atoms with Crippen LogP contribution in [0.2, 0.25) is 0 Å². The number of ether oxygens (including phenoxy) is 1. The minimum atomic E-state index is -0.0684. The molecule has 0 aliphatic carbocycles. The molecular formula is C17H18BrNO2. The van der Waals surface area contributed by atoms with Crippen LogP contribution in [0.15, 0.2) is 53.0 Å². The highest BCUT2D eigenvalue weighted by molar-refractivity contribution is 9.10. The molecule has 4 heteroatoms. The molecule has 2 N–H and O–H groups in total. The van der Waals surface area contributed by atoms with E-state index in [-0.39, 0.29) is 18.7 Å². The summed E-state index contributed by atoms with van der Waals surface area (Å²) in [4.78, 5) is 0. The summed E-state index contributed by atoms with van der Waals surface area (Å²) >= 11 is 3.51. The molecule has 1 aliphatic rings. The van der Waals surface area contributed by atoms with Crippen molar-refractivity contribution in [3.63, 3.8) is 0 Å². The minimum absolute atomic E-state index is 0.0684. The van der Waals surface area contributed by atoms with Gasteiger partial charge < -0.3 is 15.2 Å². The predicted octanol–water partition coefficient (Wildman–Crippen LogP) is 3.60. The average Bonchev–Trinajstić information content (AvgIpc) is 2.53. The summed E-state index contributed by atoms with van der Waals surface area (Å²) in [6.45, 7) is 0.768. The van der Waals surface area contributed by atoms with Crippen LogP contribution in [0.4, 0.5) is 0 Å². The van der Waals surface area contributed by atoms with E-state index >= 15 is 0 Å². The van der Waals surface area contributed by atoms with Gasteiger partial charge in [-0.2, -0.15) is 0 Å². The molecule has 110 valence electrons. The van der Waals surface area contributed by atoms with Gasteiger partial charge in [-0.3, -0.25) is 0 Å².